The number of carbonyl (C=O) groups is 2. The number of aromatic nitrogens is 4. The van der Waals surface area contributed by atoms with Crippen LogP contribution in [-0.4, -0.2) is 66.8 Å². The number of carbonyl (C=O) groups excluding carboxylic acids is 2. The molecule has 0 saturated heterocycles. The number of anilines is 1. The lowest BCUT2D eigenvalue weighted by Crippen LogP contribution is -2.38. The number of esters is 2. The number of aryl methyl sites for hydroxylation is 1. The third-order valence-electron chi connectivity index (χ3n) is 4.13. The molecule has 0 N–H and O–H groups in total. The highest BCUT2D eigenvalue weighted by atomic mass is 16.5. The summed E-state index contributed by atoms with van der Waals surface area (Å²) in [5.74, 6) is -0.305. The Bertz CT molecular complexity index is 938. The largest absolute Gasteiger partial charge is 0.497 e. The lowest BCUT2D eigenvalue weighted by atomic mass is 10.1. The monoisotopic (exact) mass is 389 g/mol. The zero-order valence-electron chi connectivity index (χ0n) is 15.8. The molecule has 11 nitrogen and oxygen atoms in total. The quantitative estimate of drug-likeness (QED) is 0.664. The van der Waals surface area contributed by atoms with Crippen molar-refractivity contribution in [3.05, 3.63) is 35.3 Å². The van der Waals surface area contributed by atoms with Crippen molar-refractivity contribution in [1.29, 1.82) is 0 Å². The van der Waals surface area contributed by atoms with Gasteiger partial charge in [-0.25, -0.2) is 9.59 Å². The van der Waals surface area contributed by atoms with E-state index in [1.165, 1.54) is 30.9 Å². The van der Waals surface area contributed by atoms with Crippen molar-refractivity contribution < 1.29 is 28.5 Å². The smallest absolute Gasteiger partial charge is 0.355 e. The van der Waals surface area contributed by atoms with Crippen LogP contribution < -0.4 is 9.64 Å². The summed E-state index contributed by atoms with van der Waals surface area (Å²) in [4.78, 5) is 26.1. The van der Waals surface area contributed by atoms with Gasteiger partial charge in [-0.05, 0) is 23.4 Å². The van der Waals surface area contributed by atoms with Gasteiger partial charge in [0.1, 0.15) is 18.2 Å². The molecular weight excluding hydrogens is 370 g/mol. The number of rotatable bonds is 5. The molecule has 1 aliphatic heterocycles. The van der Waals surface area contributed by atoms with E-state index in [1.54, 1.807) is 25.1 Å². The van der Waals surface area contributed by atoms with Crippen molar-refractivity contribution in [2.75, 3.05) is 39.6 Å². The highest BCUT2D eigenvalue weighted by Gasteiger charge is 2.32. The van der Waals surface area contributed by atoms with Crippen LogP contribution in [0.2, 0.25) is 0 Å². The summed E-state index contributed by atoms with van der Waals surface area (Å²) in [7, 11) is 3.98. The molecule has 0 amide bonds. The first-order valence-corrected chi connectivity index (χ1v) is 8.19. The Morgan fingerprint density at radius 3 is 2.39 bits per heavy atom. The molecule has 0 spiro atoms. The Kier molecular flexibility index (Phi) is 5.54. The number of methoxy groups -OCH3 is 3. The number of hydrogen-bond donors (Lipinski definition) is 0. The molecule has 3 rings (SSSR count). The third-order valence-corrected chi connectivity index (χ3v) is 4.13. The fourth-order valence-corrected chi connectivity index (χ4v) is 2.78. The highest BCUT2D eigenvalue weighted by molar-refractivity contribution is 6.03. The van der Waals surface area contributed by atoms with Crippen molar-refractivity contribution in [3.63, 3.8) is 0 Å². The van der Waals surface area contributed by atoms with Gasteiger partial charge in [0.2, 0.25) is 0 Å². The molecular formula is C17H19N5O6. The number of ether oxygens (including phenoxy) is 4. The van der Waals surface area contributed by atoms with Crippen LogP contribution in [-0.2, 0) is 23.8 Å². The highest BCUT2D eigenvalue weighted by Crippen LogP contribution is 2.31. The van der Waals surface area contributed by atoms with Crippen molar-refractivity contribution in [1.82, 2.24) is 20.2 Å². The lowest BCUT2D eigenvalue weighted by molar-refractivity contribution is -0.140. The van der Waals surface area contributed by atoms with Gasteiger partial charge in [-0.2, -0.15) is 4.68 Å². The van der Waals surface area contributed by atoms with E-state index in [-0.39, 0.29) is 24.6 Å². The molecule has 1 aromatic carbocycles. The first-order chi connectivity index (χ1) is 13.5. The van der Waals surface area contributed by atoms with E-state index >= 15 is 0 Å². The molecule has 0 radical (unpaired) electrons. The van der Waals surface area contributed by atoms with Crippen LogP contribution in [0.5, 0.6) is 5.75 Å². The summed E-state index contributed by atoms with van der Waals surface area (Å²) in [5, 5.41) is 11.5. The topological polar surface area (TPSA) is 118 Å². The van der Waals surface area contributed by atoms with Crippen LogP contribution in [0.1, 0.15) is 5.82 Å². The van der Waals surface area contributed by atoms with E-state index in [0.29, 0.717) is 22.9 Å². The molecule has 1 aromatic heterocycles. The fraction of sp³-hybridized carbons (Fsp3) is 0.353. The molecule has 0 saturated carbocycles. The van der Waals surface area contributed by atoms with Gasteiger partial charge in [0.15, 0.2) is 5.82 Å². The molecule has 148 valence electrons. The summed E-state index contributed by atoms with van der Waals surface area (Å²) in [6, 6.07) is 5.16. The van der Waals surface area contributed by atoms with Crippen LogP contribution in [0, 0.1) is 6.92 Å². The first kappa shape index (κ1) is 19.3. The SMILES string of the molecule is COC(=O)C1=C(C(=O)OC)N(c2cc(OC)cc(-n3nnnc3C)c2)COC1. The van der Waals surface area contributed by atoms with Crippen molar-refractivity contribution in [2.24, 2.45) is 0 Å². The minimum absolute atomic E-state index is 0.0200. The van der Waals surface area contributed by atoms with Gasteiger partial charge in [0.05, 0.1) is 39.2 Å². The van der Waals surface area contributed by atoms with Crippen LogP contribution in [0.3, 0.4) is 0 Å². The Balaban J connectivity index is 2.16. The molecule has 0 fully saturated rings. The molecule has 0 unspecified atom stereocenters. The van der Waals surface area contributed by atoms with Gasteiger partial charge >= 0.3 is 11.9 Å². The minimum atomic E-state index is -0.688. The first-order valence-electron chi connectivity index (χ1n) is 8.19. The molecule has 0 atom stereocenters. The van der Waals surface area contributed by atoms with Crippen molar-refractivity contribution >= 4 is 17.6 Å². The van der Waals surface area contributed by atoms with Crippen LogP contribution in [0.25, 0.3) is 5.69 Å². The summed E-state index contributed by atoms with van der Waals surface area (Å²) in [6.45, 7) is 1.70. The maximum Gasteiger partial charge on any atom is 0.355 e. The molecule has 2 aromatic rings. The van der Waals surface area contributed by atoms with Gasteiger partial charge in [-0.3, -0.25) is 0 Å². The second-order valence-electron chi connectivity index (χ2n) is 5.74. The zero-order valence-corrected chi connectivity index (χ0v) is 15.8. The maximum atomic E-state index is 12.4. The molecule has 0 aliphatic carbocycles. The van der Waals surface area contributed by atoms with E-state index in [9.17, 15) is 9.59 Å². The normalized spacial score (nSPS) is 14.1. The summed E-state index contributed by atoms with van der Waals surface area (Å²) < 4.78 is 22.0. The summed E-state index contributed by atoms with van der Waals surface area (Å²) in [6.07, 6.45) is 0. The minimum Gasteiger partial charge on any atom is -0.497 e. The molecule has 11 heteroatoms. The summed E-state index contributed by atoms with van der Waals surface area (Å²) in [5.41, 5.74) is 1.22. The van der Waals surface area contributed by atoms with Gasteiger partial charge < -0.3 is 23.8 Å². The Hall–Kier alpha value is -3.47. The van der Waals surface area contributed by atoms with Crippen LogP contribution in [0.4, 0.5) is 5.69 Å². The number of tetrazole rings is 1. The number of nitrogens with zero attached hydrogens (tertiary/aromatic N) is 5. The average molecular weight is 389 g/mol. The van der Waals surface area contributed by atoms with E-state index in [4.69, 9.17) is 18.9 Å². The number of hydrogen-bond acceptors (Lipinski definition) is 10. The van der Waals surface area contributed by atoms with E-state index < -0.39 is 11.9 Å². The predicted molar refractivity (Wildman–Crippen MR) is 94.8 cm³/mol. The molecule has 0 bridgehead atoms. The van der Waals surface area contributed by atoms with Crippen molar-refractivity contribution in [3.8, 4) is 11.4 Å². The van der Waals surface area contributed by atoms with Crippen molar-refractivity contribution in [2.45, 2.75) is 6.92 Å². The van der Waals surface area contributed by atoms with Crippen LogP contribution in [0.15, 0.2) is 29.5 Å². The van der Waals surface area contributed by atoms with Gasteiger partial charge in [-0.15, -0.1) is 5.10 Å². The van der Waals surface area contributed by atoms with Crippen LogP contribution >= 0.6 is 0 Å². The molecule has 2 heterocycles. The lowest BCUT2D eigenvalue weighted by Gasteiger charge is -2.31. The Labute approximate surface area is 160 Å². The Morgan fingerprint density at radius 2 is 1.79 bits per heavy atom. The van der Waals surface area contributed by atoms with Gasteiger partial charge in [0.25, 0.3) is 0 Å². The Morgan fingerprint density at radius 1 is 1.07 bits per heavy atom. The second-order valence-corrected chi connectivity index (χ2v) is 5.74. The van der Waals surface area contributed by atoms with E-state index in [2.05, 4.69) is 15.5 Å². The summed E-state index contributed by atoms with van der Waals surface area (Å²) >= 11 is 0. The van der Waals surface area contributed by atoms with Gasteiger partial charge in [0, 0.05) is 17.8 Å². The standard InChI is InChI=1S/C17H19N5O6/c1-10-18-19-20-22(10)12-5-11(6-13(7-12)25-2)21-9-28-8-14(16(23)26-3)15(21)17(24)27-4/h5-7H,8-9H2,1-4H3. The fourth-order valence-electron chi connectivity index (χ4n) is 2.78. The maximum absolute atomic E-state index is 12.4. The van der Waals surface area contributed by atoms with Gasteiger partial charge in [-0.1, -0.05) is 0 Å². The molecule has 1 aliphatic rings. The molecule has 28 heavy (non-hydrogen) atoms. The second kappa shape index (κ2) is 8.05. The average Bonchev–Trinajstić information content (AvgIpc) is 3.17. The predicted octanol–water partition coefficient (Wildman–Crippen LogP) is 0.374. The number of benzene rings is 1. The van der Waals surface area contributed by atoms with E-state index in [1.807, 2.05) is 0 Å². The van der Waals surface area contributed by atoms with E-state index in [0.717, 1.165) is 0 Å². The third kappa shape index (κ3) is 3.51. The zero-order chi connectivity index (χ0) is 20.3.